The van der Waals surface area contributed by atoms with Gasteiger partial charge in [0.05, 0.1) is 24.7 Å². The monoisotopic (exact) mass is 507 g/mol. The van der Waals surface area contributed by atoms with Gasteiger partial charge in [-0.1, -0.05) is 6.92 Å². The molecule has 0 radical (unpaired) electrons. The molecule has 2 saturated carbocycles. The van der Waals surface area contributed by atoms with Crippen LogP contribution in [-0.2, 0) is 28.7 Å². The maximum absolute atomic E-state index is 12.3. The Bertz CT molecular complexity index is 744. The van der Waals surface area contributed by atoms with E-state index in [0.717, 1.165) is 51.4 Å². The third-order valence-corrected chi connectivity index (χ3v) is 7.89. The van der Waals surface area contributed by atoms with E-state index in [9.17, 15) is 19.2 Å². The second-order valence-electron chi connectivity index (χ2n) is 10.6. The van der Waals surface area contributed by atoms with E-state index in [4.69, 9.17) is 9.47 Å². The molecular weight excluding hydrogens is 462 g/mol. The van der Waals surface area contributed by atoms with Gasteiger partial charge in [-0.3, -0.25) is 19.2 Å². The molecule has 0 spiro atoms. The molecule has 3 fully saturated rings. The summed E-state index contributed by atoms with van der Waals surface area (Å²) in [6.45, 7) is 3.94. The smallest absolute Gasteiger partial charge is 0.225 e. The normalized spacial score (nSPS) is 28.7. The Kier molecular flexibility index (Phi) is 11.6. The summed E-state index contributed by atoms with van der Waals surface area (Å²) in [6.07, 6.45) is 9.84. The molecule has 0 aromatic rings. The molecule has 36 heavy (non-hydrogen) atoms. The van der Waals surface area contributed by atoms with Crippen molar-refractivity contribution in [1.82, 2.24) is 15.5 Å². The summed E-state index contributed by atoms with van der Waals surface area (Å²) in [5, 5.41) is 6.00. The summed E-state index contributed by atoms with van der Waals surface area (Å²) in [5.74, 6) is 0.327. The van der Waals surface area contributed by atoms with E-state index in [1.54, 1.807) is 11.9 Å². The molecule has 9 heteroatoms. The van der Waals surface area contributed by atoms with Crippen LogP contribution in [0.4, 0.5) is 0 Å². The first kappa shape index (κ1) is 28.6. The minimum atomic E-state index is -0.251. The van der Waals surface area contributed by atoms with E-state index >= 15 is 0 Å². The lowest BCUT2D eigenvalue weighted by Gasteiger charge is -2.29. The lowest BCUT2D eigenvalue weighted by atomic mass is 9.83. The Hall–Kier alpha value is -2.00. The Morgan fingerprint density at radius 3 is 2.14 bits per heavy atom. The third kappa shape index (κ3) is 9.14. The molecule has 0 bridgehead atoms. The standard InChI is InChI=1S/C27H45N3O6/c1-3-24(31)19-6-8-21(9-7-19)29-25(32)5-4-15-35-22-10-12-23(13-11-22)36-16-14-28-27(34)20-17-26(33)30(2)18-20/h19-23H,3-18H2,1-2H3,(H,28,34)(H,29,32)/t19?,20-,21?,22?,23?/m0/s1. The van der Waals surface area contributed by atoms with Crippen LogP contribution in [0.2, 0.25) is 0 Å². The molecule has 1 atom stereocenters. The van der Waals surface area contributed by atoms with Crippen LogP contribution in [0.25, 0.3) is 0 Å². The quantitative estimate of drug-likeness (QED) is 0.370. The van der Waals surface area contributed by atoms with Crippen molar-refractivity contribution in [3.8, 4) is 0 Å². The van der Waals surface area contributed by atoms with E-state index in [0.29, 0.717) is 57.8 Å². The molecule has 3 aliphatic rings. The number of carbonyl (C=O) groups is 4. The summed E-state index contributed by atoms with van der Waals surface area (Å²) in [4.78, 5) is 49.4. The highest BCUT2D eigenvalue weighted by Crippen LogP contribution is 2.26. The summed E-state index contributed by atoms with van der Waals surface area (Å²) in [7, 11) is 1.72. The number of nitrogens with one attached hydrogen (secondary N) is 2. The van der Waals surface area contributed by atoms with Gasteiger partial charge in [0.2, 0.25) is 17.7 Å². The molecule has 1 saturated heterocycles. The number of hydrogen-bond acceptors (Lipinski definition) is 6. The van der Waals surface area contributed by atoms with Crippen LogP contribution >= 0.6 is 0 Å². The van der Waals surface area contributed by atoms with Crippen LogP contribution < -0.4 is 10.6 Å². The van der Waals surface area contributed by atoms with Gasteiger partial charge in [0, 0.05) is 58.0 Å². The number of rotatable bonds is 13. The van der Waals surface area contributed by atoms with Gasteiger partial charge in [0.25, 0.3) is 0 Å². The van der Waals surface area contributed by atoms with E-state index < -0.39 is 0 Å². The Morgan fingerprint density at radius 1 is 0.917 bits per heavy atom. The number of ketones is 1. The van der Waals surface area contributed by atoms with E-state index in [2.05, 4.69) is 10.6 Å². The first-order valence-electron chi connectivity index (χ1n) is 13.9. The number of carbonyl (C=O) groups excluding carboxylic acids is 4. The van der Waals surface area contributed by atoms with Gasteiger partial charge in [0.15, 0.2) is 0 Å². The fraction of sp³-hybridized carbons (Fsp3) is 0.852. The molecule has 2 N–H and O–H groups in total. The second kappa shape index (κ2) is 14.7. The average Bonchev–Trinajstić information content (AvgIpc) is 3.23. The molecule has 2 aliphatic carbocycles. The number of hydrogen-bond donors (Lipinski definition) is 2. The second-order valence-corrected chi connectivity index (χ2v) is 10.6. The number of nitrogens with zero attached hydrogens (tertiary/aromatic N) is 1. The topological polar surface area (TPSA) is 114 Å². The maximum Gasteiger partial charge on any atom is 0.225 e. The predicted molar refractivity (Wildman–Crippen MR) is 135 cm³/mol. The average molecular weight is 508 g/mol. The fourth-order valence-corrected chi connectivity index (χ4v) is 5.58. The molecule has 204 valence electrons. The van der Waals surface area contributed by atoms with Crippen molar-refractivity contribution in [2.24, 2.45) is 11.8 Å². The predicted octanol–water partition coefficient (Wildman–Crippen LogP) is 2.36. The Labute approximate surface area is 215 Å². The van der Waals surface area contributed by atoms with Gasteiger partial charge in [-0.15, -0.1) is 0 Å². The van der Waals surface area contributed by atoms with Crippen LogP contribution in [0.3, 0.4) is 0 Å². The molecule has 9 nitrogen and oxygen atoms in total. The fourth-order valence-electron chi connectivity index (χ4n) is 5.58. The van der Waals surface area contributed by atoms with Gasteiger partial charge in [-0.05, 0) is 57.8 Å². The first-order chi connectivity index (χ1) is 17.4. The summed E-state index contributed by atoms with van der Waals surface area (Å²) in [5.41, 5.74) is 0. The zero-order valence-electron chi connectivity index (χ0n) is 22.1. The van der Waals surface area contributed by atoms with Gasteiger partial charge >= 0.3 is 0 Å². The first-order valence-corrected chi connectivity index (χ1v) is 13.9. The Morgan fingerprint density at radius 2 is 1.56 bits per heavy atom. The number of ether oxygens (including phenoxy) is 2. The van der Waals surface area contributed by atoms with E-state index in [-0.39, 0.29) is 47.8 Å². The number of likely N-dealkylation sites (tertiary alicyclic amines) is 1. The maximum atomic E-state index is 12.3. The summed E-state index contributed by atoms with van der Waals surface area (Å²) in [6, 6.07) is 0.205. The highest BCUT2D eigenvalue weighted by atomic mass is 16.5. The van der Waals surface area contributed by atoms with Crippen LogP contribution in [0.15, 0.2) is 0 Å². The van der Waals surface area contributed by atoms with Crippen LogP contribution in [0.1, 0.15) is 84.0 Å². The lowest BCUT2D eigenvalue weighted by Crippen LogP contribution is -2.38. The highest BCUT2D eigenvalue weighted by molar-refractivity contribution is 5.89. The zero-order valence-corrected chi connectivity index (χ0v) is 22.1. The van der Waals surface area contributed by atoms with Gasteiger partial charge in [0.1, 0.15) is 5.78 Å². The van der Waals surface area contributed by atoms with Crippen molar-refractivity contribution in [3.05, 3.63) is 0 Å². The van der Waals surface area contributed by atoms with Crippen molar-refractivity contribution in [3.63, 3.8) is 0 Å². The number of Topliss-reactive ketones (excluding diaryl/α,β-unsaturated/α-hetero) is 1. The molecule has 3 amide bonds. The van der Waals surface area contributed by atoms with E-state index in [1.807, 2.05) is 6.92 Å². The van der Waals surface area contributed by atoms with Crippen LogP contribution in [0, 0.1) is 11.8 Å². The molecule has 3 rings (SSSR count). The minimum Gasteiger partial charge on any atom is -0.378 e. The summed E-state index contributed by atoms with van der Waals surface area (Å²) >= 11 is 0. The molecule has 0 unspecified atom stereocenters. The van der Waals surface area contributed by atoms with Gasteiger partial charge in [-0.2, -0.15) is 0 Å². The van der Waals surface area contributed by atoms with Crippen molar-refractivity contribution < 1.29 is 28.7 Å². The molecule has 1 heterocycles. The minimum absolute atomic E-state index is 0.0215. The van der Waals surface area contributed by atoms with Gasteiger partial charge in [-0.25, -0.2) is 0 Å². The molecule has 1 aliphatic heterocycles. The summed E-state index contributed by atoms with van der Waals surface area (Å²) < 4.78 is 11.9. The SMILES string of the molecule is CCC(=O)C1CCC(NC(=O)CCCOC2CCC(OCCNC(=O)[C@H]3CC(=O)N(C)C3)CC2)CC1. The Balaban J connectivity index is 1.16. The largest absolute Gasteiger partial charge is 0.378 e. The molecular formula is C27H45N3O6. The number of amides is 3. The molecule has 0 aromatic heterocycles. The van der Waals surface area contributed by atoms with Crippen LogP contribution in [0.5, 0.6) is 0 Å². The van der Waals surface area contributed by atoms with Crippen molar-refractivity contribution in [2.45, 2.75) is 102 Å². The van der Waals surface area contributed by atoms with Crippen molar-refractivity contribution in [2.75, 3.05) is 33.4 Å². The lowest BCUT2D eigenvalue weighted by molar-refractivity contribution is -0.128. The third-order valence-electron chi connectivity index (χ3n) is 7.89. The van der Waals surface area contributed by atoms with Gasteiger partial charge < -0.3 is 25.0 Å². The van der Waals surface area contributed by atoms with Crippen molar-refractivity contribution in [1.29, 1.82) is 0 Å². The molecule has 0 aromatic carbocycles. The van der Waals surface area contributed by atoms with E-state index in [1.165, 1.54) is 0 Å². The van der Waals surface area contributed by atoms with Crippen LogP contribution in [-0.4, -0.2) is 80.0 Å². The van der Waals surface area contributed by atoms with Crippen molar-refractivity contribution >= 4 is 23.5 Å². The highest BCUT2D eigenvalue weighted by Gasteiger charge is 2.32. The zero-order chi connectivity index (χ0) is 25.9.